The molecule has 0 radical (unpaired) electrons. The lowest BCUT2D eigenvalue weighted by Crippen LogP contribution is -2.48. The minimum absolute atomic E-state index is 0.0548. The van der Waals surface area contributed by atoms with Crippen molar-refractivity contribution in [2.45, 2.75) is 31.2 Å². The molecule has 20 heavy (non-hydrogen) atoms. The fourth-order valence-corrected chi connectivity index (χ4v) is 2.33. The summed E-state index contributed by atoms with van der Waals surface area (Å²) in [6.07, 6.45) is 8.47. The molecule has 1 aliphatic rings. The lowest BCUT2D eigenvalue weighted by molar-refractivity contribution is -0.118. The first-order valence-electron chi connectivity index (χ1n) is 6.69. The van der Waals surface area contributed by atoms with Crippen LogP contribution in [-0.2, 0) is 4.79 Å². The van der Waals surface area contributed by atoms with E-state index in [4.69, 9.17) is 5.73 Å². The van der Waals surface area contributed by atoms with Gasteiger partial charge in [0.15, 0.2) is 5.82 Å². The highest BCUT2D eigenvalue weighted by Gasteiger charge is 2.34. The number of carbonyl (C=O) groups is 1. The van der Waals surface area contributed by atoms with Gasteiger partial charge in [-0.25, -0.2) is 9.67 Å². The van der Waals surface area contributed by atoms with Crippen LogP contribution in [0.3, 0.4) is 0 Å². The van der Waals surface area contributed by atoms with Crippen LogP contribution in [0.2, 0.25) is 0 Å². The van der Waals surface area contributed by atoms with E-state index >= 15 is 0 Å². The summed E-state index contributed by atoms with van der Waals surface area (Å²) in [6, 6.07) is 5.45. The Labute approximate surface area is 117 Å². The monoisotopic (exact) mass is 271 g/mol. The molecule has 2 aromatic heterocycles. The van der Waals surface area contributed by atoms with E-state index in [9.17, 15) is 4.79 Å². The molecule has 0 saturated heterocycles. The summed E-state index contributed by atoms with van der Waals surface area (Å²) in [7, 11) is 0. The van der Waals surface area contributed by atoms with Crippen molar-refractivity contribution < 1.29 is 4.79 Å². The third-order valence-corrected chi connectivity index (χ3v) is 3.63. The van der Waals surface area contributed by atoms with Crippen molar-refractivity contribution in [2.24, 2.45) is 5.73 Å². The molecule has 0 aliphatic heterocycles. The van der Waals surface area contributed by atoms with Gasteiger partial charge in [-0.05, 0) is 37.5 Å². The van der Waals surface area contributed by atoms with E-state index in [1.165, 1.54) is 0 Å². The number of nitrogens with one attached hydrogen (secondary N) is 1. The molecule has 0 bridgehead atoms. The molecular formula is C14H17N5O. The van der Waals surface area contributed by atoms with Gasteiger partial charge < -0.3 is 11.1 Å². The van der Waals surface area contributed by atoms with Gasteiger partial charge in [0.2, 0.25) is 5.91 Å². The zero-order valence-corrected chi connectivity index (χ0v) is 11.1. The fourth-order valence-electron chi connectivity index (χ4n) is 2.33. The molecule has 0 atom stereocenters. The van der Waals surface area contributed by atoms with E-state index in [1.54, 1.807) is 17.1 Å². The number of hydrogen-bond acceptors (Lipinski definition) is 4. The van der Waals surface area contributed by atoms with Crippen LogP contribution in [0, 0.1) is 0 Å². The number of carbonyl (C=O) groups excluding carboxylic acids is 1. The SMILES string of the molecule is NC1(CC(=O)Nc2ccc(-n3cccn3)nc2)CCC1. The van der Waals surface area contributed by atoms with Crippen molar-refractivity contribution in [2.75, 3.05) is 5.32 Å². The van der Waals surface area contributed by atoms with Gasteiger partial charge in [0.25, 0.3) is 0 Å². The van der Waals surface area contributed by atoms with Gasteiger partial charge in [-0.3, -0.25) is 4.79 Å². The van der Waals surface area contributed by atoms with Crippen LogP contribution in [0.1, 0.15) is 25.7 Å². The Hall–Kier alpha value is -2.21. The zero-order chi connectivity index (χ0) is 14.0. The summed E-state index contributed by atoms with van der Waals surface area (Å²) in [5, 5.41) is 6.92. The first-order valence-corrected chi connectivity index (χ1v) is 6.69. The Kier molecular flexibility index (Phi) is 3.23. The standard InChI is InChI=1S/C14H17N5O/c15-14(5-1-6-14)9-13(20)18-11-3-4-12(16-10-11)19-8-2-7-17-19/h2-4,7-8,10H,1,5-6,9,15H2,(H,18,20). The van der Waals surface area contributed by atoms with Crippen LogP contribution < -0.4 is 11.1 Å². The Balaban J connectivity index is 1.62. The molecule has 0 unspecified atom stereocenters. The maximum Gasteiger partial charge on any atom is 0.226 e. The maximum atomic E-state index is 11.9. The second-order valence-electron chi connectivity index (χ2n) is 5.30. The predicted octanol–water partition coefficient (Wildman–Crippen LogP) is 1.48. The van der Waals surface area contributed by atoms with Crippen molar-refractivity contribution in [1.82, 2.24) is 14.8 Å². The summed E-state index contributed by atoms with van der Waals surface area (Å²) in [5.74, 6) is 0.656. The normalized spacial score (nSPS) is 16.4. The molecule has 6 heteroatoms. The minimum Gasteiger partial charge on any atom is -0.325 e. The molecule has 1 amide bonds. The van der Waals surface area contributed by atoms with Gasteiger partial charge in [-0.15, -0.1) is 0 Å². The van der Waals surface area contributed by atoms with Gasteiger partial charge >= 0.3 is 0 Å². The Morgan fingerprint density at radius 2 is 2.30 bits per heavy atom. The average Bonchev–Trinajstić information content (AvgIpc) is 2.91. The van der Waals surface area contributed by atoms with Crippen LogP contribution >= 0.6 is 0 Å². The second-order valence-corrected chi connectivity index (χ2v) is 5.30. The number of hydrogen-bond donors (Lipinski definition) is 2. The fraction of sp³-hybridized carbons (Fsp3) is 0.357. The van der Waals surface area contributed by atoms with Gasteiger partial charge in [-0.2, -0.15) is 5.10 Å². The number of nitrogens with zero attached hydrogens (tertiary/aromatic N) is 3. The first kappa shape index (κ1) is 12.8. The van der Waals surface area contributed by atoms with Crippen LogP contribution in [-0.4, -0.2) is 26.2 Å². The molecule has 3 rings (SSSR count). The Bertz CT molecular complexity index is 587. The van der Waals surface area contributed by atoms with Crippen molar-refractivity contribution in [3.63, 3.8) is 0 Å². The molecule has 104 valence electrons. The molecule has 1 aliphatic carbocycles. The zero-order valence-electron chi connectivity index (χ0n) is 11.1. The van der Waals surface area contributed by atoms with E-state index in [1.807, 2.05) is 24.4 Å². The molecule has 0 spiro atoms. The minimum atomic E-state index is -0.299. The van der Waals surface area contributed by atoms with Crippen LogP contribution in [0.4, 0.5) is 5.69 Å². The summed E-state index contributed by atoms with van der Waals surface area (Å²) in [5.41, 5.74) is 6.43. The smallest absolute Gasteiger partial charge is 0.226 e. The lowest BCUT2D eigenvalue weighted by Gasteiger charge is -2.37. The van der Waals surface area contributed by atoms with Gasteiger partial charge in [0, 0.05) is 24.4 Å². The Morgan fingerprint density at radius 1 is 1.45 bits per heavy atom. The summed E-state index contributed by atoms with van der Waals surface area (Å²) in [4.78, 5) is 16.2. The molecule has 1 saturated carbocycles. The van der Waals surface area contributed by atoms with E-state index < -0.39 is 0 Å². The largest absolute Gasteiger partial charge is 0.325 e. The number of rotatable bonds is 4. The van der Waals surface area contributed by atoms with Crippen LogP contribution in [0.15, 0.2) is 36.8 Å². The quantitative estimate of drug-likeness (QED) is 0.882. The van der Waals surface area contributed by atoms with E-state index in [2.05, 4.69) is 15.4 Å². The van der Waals surface area contributed by atoms with Crippen molar-refractivity contribution >= 4 is 11.6 Å². The lowest BCUT2D eigenvalue weighted by atomic mass is 9.75. The average molecular weight is 271 g/mol. The first-order chi connectivity index (χ1) is 9.65. The maximum absolute atomic E-state index is 11.9. The van der Waals surface area contributed by atoms with Crippen molar-refractivity contribution in [3.05, 3.63) is 36.8 Å². The number of anilines is 1. The summed E-state index contributed by atoms with van der Waals surface area (Å²) >= 11 is 0. The number of pyridine rings is 1. The van der Waals surface area contributed by atoms with Gasteiger partial charge in [-0.1, -0.05) is 0 Å². The molecule has 2 heterocycles. The molecule has 3 N–H and O–H groups in total. The van der Waals surface area contributed by atoms with Gasteiger partial charge in [0.05, 0.1) is 11.9 Å². The van der Waals surface area contributed by atoms with Crippen LogP contribution in [0.25, 0.3) is 5.82 Å². The van der Waals surface area contributed by atoms with E-state index in [0.717, 1.165) is 19.3 Å². The molecule has 6 nitrogen and oxygen atoms in total. The summed E-state index contributed by atoms with van der Waals surface area (Å²) < 4.78 is 1.66. The number of amides is 1. The predicted molar refractivity (Wildman–Crippen MR) is 75.4 cm³/mol. The third-order valence-electron chi connectivity index (χ3n) is 3.63. The molecule has 1 fully saturated rings. The van der Waals surface area contributed by atoms with Crippen molar-refractivity contribution in [3.8, 4) is 5.82 Å². The highest BCUT2D eigenvalue weighted by atomic mass is 16.1. The van der Waals surface area contributed by atoms with Crippen LogP contribution in [0.5, 0.6) is 0 Å². The highest BCUT2D eigenvalue weighted by molar-refractivity contribution is 5.91. The molecular weight excluding hydrogens is 254 g/mol. The number of nitrogens with two attached hydrogens (primary N) is 1. The third kappa shape index (κ3) is 2.70. The highest BCUT2D eigenvalue weighted by Crippen LogP contribution is 2.32. The molecule has 0 aromatic carbocycles. The Morgan fingerprint density at radius 3 is 2.85 bits per heavy atom. The van der Waals surface area contributed by atoms with E-state index in [-0.39, 0.29) is 11.4 Å². The van der Waals surface area contributed by atoms with Gasteiger partial charge in [0.1, 0.15) is 0 Å². The summed E-state index contributed by atoms with van der Waals surface area (Å²) in [6.45, 7) is 0. The van der Waals surface area contributed by atoms with E-state index in [0.29, 0.717) is 17.9 Å². The second kappa shape index (κ2) is 5.05. The number of aromatic nitrogens is 3. The van der Waals surface area contributed by atoms with Crippen molar-refractivity contribution in [1.29, 1.82) is 0 Å². The topological polar surface area (TPSA) is 85.8 Å². The molecule has 2 aromatic rings.